The van der Waals surface area contributed by atoms with E-state index in [1.54, 1.807) is 0 Å². The monoisotopic (exact) mass is 410 g/mol. The summed E-state index contributed by atoms with van der Waals surface area (Å²) in [6, 6.07) is 13.1. The zero-order chi connectivity index (χ0) is 20.0. The number of carbonyl (C=O) groups excluding carboxylic acids is 1. The molecular weight excluding hydrogens is 389 g/mol. The quantitative estimate of drug-likeness (QED) is 0.703. The Balaban J connectivity index is 1.69. The van der Waals surface area contributed by atoms with Crippen molar-refractivity contribution < 1.29 is 22.7 Å². The highest BCUT2D eigenvalue weighted by Crippen LogP contribution is 2.36. The standard InChI is InChI=1S/C20H21F3N2O2S/c21-20(22,23)15-6-7-18(25-9-11-27-12-10-25)17(14-15)24-19(26)8-13-28-16-4-2-1-3-5-16/h1-7,14H,8-13H2,(H,24,26). The van der Waals surface area contributed by atoms with E-state index in [0.717, 1.165) is 17.0 Å². The van der Waals surface area contributed by atoms with Gasteiger partial charge in [-0.15, -0.1) is 11.8 Å². The van der Waals surface area contributed by atoms with E-state index in [4.69, 9.17) is 4.74 Å². The summed E-state index contributed by atoms with van der Waals surface area (Å²) in [4.78, 5) is 15.3. The molecule has 4 nitrogen and oxygen atoms in total. The van der Waals surface area contributed by atoms with Gasteiger partial charge >= 0.3 is 6.18 Å². The third kappa shape index (κ3) is 5.65. The van der Waals surface area contributed by atoms with Gasteiger partial charge in [0.1, 0.15) is 0 Å². The number of hydrogen-bond acceptors (Lipinski definition) is 4. The Labute approximate surface area is 166 Å². The number of nitrogens with zero attached hydrogens (tertiary/aromatic N) is 1. The van der Waals surface area contributed by atoms with Gasteiger partial charge in [-0.1, -0.05) is 18.2 Å². The molecule has 0 spiro atoms. The first-order chi connectivity index (χ1) is 13.4. The molecule has 150 valence electrons. The van der Waals surface area contributed by atoms with Crippen molar-refractivity contribution in [2.45, 2.75) is 17.5 Å². The lowest BCUT2D eigenvalue weighted by Crippen LogP contribution is -2.36. The average molecular weight is 410 g/mol. The number of amides is 1. The number of nitrogens with one attached hydrogen (secondary N) is 1. The van der Waals surface area contributed by atoms with Gasteiger partial charge in [0, 0.05) is 30.2 Å². The molecule has 1 N–H and O–H groups in total. The number of anilines is 2. The van der Waals surface area contributed by atoms with Crippen LogP contribution >= 0.6 is 11.8 Å². The molecule has 1 heterocycles. The van der Waals surface area contributed by atoms with Crippen molar-refractivity contribution in [1.82, 2.24) is 0 Å². The molecule has 28 heavy (non-hydrogen) atoms. The second kappa shape index (κ2) is 9.34. The third-order valence-electron chi connectivity index (χ3n) is 4.29. The van der Waals surface area contributed by atoms with E-state index in [2.05, 4.69) is 5.32 Å². The first-order valence-corrected chi connectivity index (χ1v) is 9.94. The van der Waals surface area contributed by atoms with Crippen LogP contribution in [0.4, 0.5) is 24.5 Å². The Morgan fingerprint density at radius 3 is 2.50 bits per heavy atom. The summed E-state index contributed by atoms with van der Waals surface area (Å²) >= 11 is 1.53. The van der Waals surface area contributed by atoms with Gasteiger partial charge in [-0.25, -0.2) is 0 Å². The number of halogens is 3. The number of morpholine rings is 1. The molecule has 1 amide bonds. The van der Waals surface area contributed by atoms with Crippen LogP contribution in [0.5, 0.6) is 0 Å². The van der Waals surface area contributed by atoms with Crippen LogP contribution in [0.15, 0.2) is 53.4 Å². The van der Waals surface area contributed by atoms with E-state index < -0.39 is 11.7 Å². The number of benzene rings is 2. The van der Waals surface area contributed by atoms with Gasteiger partial charge in [-0.2, -0.15) is 13.2 Å². The fraction of sp³-hybridized carbons (Fsp3) is 0.350. The molecule has 8 heteroatoms. The Kier molecular flexibility index (Phi) is 6.85. The van der Waals surface area contributed by atoms with Gasteiger partial charge in [-0.3, -0.25) is 4.79 Å². The Morgan fingerprint density at radius 2 is 1.82 bits per heavy atom. The van der Waals surface area contributed by atoms with E-state index in [9.17, 15) is 18.0 Å². The van der Waals surface area contributed by atoms with Crippen molar-refractivity contribution in [3.05, 3.63) is 54.1 Å². The molecule has 0 aromatic heterocycles. The van der Waals surface area contributed by atoms with Crippen molar-refractivity contribution in [2.24, 2.45) is 0 Å². The molecule has 0 unspecified atom stereocenters. The van der Waals surface area contributed by atoms with E-state index in [1.807, 2.05) is 35.2 Å². The highest BCUT2D eigenvalue weighted by Gasteiger charge is 2.31. The molecule has 0 radical (unpaired) electrons. The minimum absolute atomic E-state index is 0.187. The molecule has 0 bridgehead atoms. The predicted molar refractivity (Wildman–Crippen MR) is 105 cm³/mol. The van der Waals surface area contributed by atoms with Crippen LogP contribution in [0.2, 0.25) is 0 Å². The van der Waals surface area contributed by atoms with Crippen molar-refractivity contribution in [2.75, 3.05) is 42.3 Å². The van der Waals surface area contributed by atoms with E-state index >= 15 is 0 Å². The predicted octanol–water partition coefficient (Wildman–Crippen LogP) is 4.66. The zero-order valence-corrected chi connectivity index (χ0v) is 16.0. The molecule has 0 aliphatic carbocycles. The summed E-state index contributed by atoms with van der Waals surface area (Å²) in [6.07, 6.45) is -4.26. The topological polar surface area (TPSA) is 41.6 Å². The molecular formula is C20H21F3N2O2S. The third-order valence-corrected chi connectivity index (χ3v) is 5.30. The molecule has 2 aromatic carbocycles. The summed E-state index contributed by atoms with van der Waals surface area (Å²) in [5.41, 5.74) is -0.00901. The summed E-state index contributed by atoms with van der Waals surface area (Å²) in [5.74, 6) is 0.235. The van der Waals surface area contributed by atoms with Crippen molar-refractivity contribution in [3.8, 4) is 0 Å². The van der Waals surface area contributed by atoms with Crippen LogP contribution in [0.1, 0.15) is 12.0 Å². The Morgan fingerprint density at radius 1 is 1.11 bits per heavy atom. The van der Waals surface area contributed by atoms with Crippen LogP contribution in [0, 0.1) is 0 Å². The molecule has 1 aliphatic rings. The zero-order valence-electron chi connectivity index (χ0n) is 15.2. The number of thioether (sulfide) groups is 1. The fourth-order valence-corrected chi connectivity index (χ4v) is 3.76. The molecule has 2 aromatic rings. The molecule has 0 saturated carbocycles. The van der Waals surface area contributed by atoms with Gasteiger partial charge in [0.2, 0.25) is 5.91 Å². The van der Waals surface area contributed by atoms with Gasteiger partial charge in [-0.05, 0) is 30.3 Å². The lowest BCUT2D eigenvalue weighted by atomic mass is 10.1. The first kappa shape index (κ1) is 20.5. The lowest BCUT2D eigenvalue weighted by Gasteiger charge is -2.31. The maximum atomic E-state index is 13.1. The second-order valence-electron chi connectivity index (χ2n) is 6.29. The summed E-state index contributed by atoms with van der Waals surface area (Å²) in [5, 5.41) is 2.67. The number of hydrogen-bond donors (Lipinski definition) is 1. The van der Waals surface area contributed by atoms with E-state index in [-0.39, 0.29) is 18.0 Å². The van der Waals surface area contributed by atoms with Crippen molar-refractivity contribution in [3.63, 3.8) is 0 Å². The average Bonchev–Trinajstić information content (AvgIpc) is 2.69. The van der Waals surface area contributed by atoms with E-state index in [1.165, 1.54) is 17.8 Å². The van der Waals surface area contributed by atoms with Gasteiger partial charge in [0.25, 0.3) is 0 Å². The number of rotatable bonds is 6. The molecule has 3 rings (SSSR count). The number of alkyl halides is 3. The van der Waals surface area contributed by atoms with Gasteiger partial charge in [0.15, 0.2) is 0 Å². The van der Waals surface area contributed by atoms with Crippen LogP contribution < -0.4 is 10.2 Å². The van der Waals surface area contributed by atoms with Crippen LogP contribution in [0.25, 0.3) is 0 Å². The fourth-order valence-electron chi connectivity index (χ4n) is 2.88. The minimum atomic E-state index is -4.47. The van der Waals surface area contributed by atoms with Gasteiger partial charge < -0.3 is 15.0 Å². The van der Waals surface area contributed by atoms with Crippen LogP contribution in [0.3, 0.4) is 0 Å². The second-order valence-corrected chi connectivity index (χ2v) is 7.46. The Hall–Kier alpha value is -2.19. The van der Waals surface area contributed by atoms with Crippen LogP contribution in [-0.2, 0) is 15.7 Å². The smallest absolute Gasteiger partial charge is 0.378 e. The lowest BCUT2D eigenvalue weighted by molar-refractivity contribution is -0.137. The summed E-state index contributed by atoms with van der Waals surface area (Å²) in [6.45, 7) is 2.14. The minimum Gasteiger partial charge on any atom is -0.378 e. The molecule has 1 fully saturated rings. The highest BCUT2D eigenvalue weighted by molar-refractivity contribution is 7.99. The Bertz CT molecular complexity index is 794. The van der Waals surface area contributed by atoms with Crippen molar-refractivity contribution >= 4 is 29.0 Å². The maximum Gasteiger partial charge on any atom is 0.416 e. The maximum absolute atomic E-state index is 13.1. The SMILES string of the molecule is O=C(CCSc1ccccc1)Nc1cc(C(F)(F)F)ccc1N1CCOCC1. The summed E-state index contributed by atoms with van der Waals surface area (Å²) in [7, 11) is 0. The highest BCUT2D eigenvalue weighted by atomic mass is 32.2. The number of carbonyl (C=O) groups is 1. The molecule has 0 atom stereocenters. The normalized spacial score (nSPS) is 14.8. The van der Waals surface area contributed by atoms with E-state index in [0.29, 0.717) is 37.7 Å². The summed E-state index contributed by atoms with van der Waals surface area (Å²) < 4.78 is 44.7. The van der Waals surface area contributed by atoms with Gasteiger partial charge in [0.05, 0.1) is 30.2 Å². The molecule has 1 saturated heterocycles. The number of ether oxygens (including phenoxy) is 1. The largest absolute Gasteiger partial charge is 0.416 e. The van der Waals surface area contributed by atoms with Crippen LogP contribution in [-0.4, -0.2) is 38.0 Å². The molecule has 1 aliphatic heterocycles. The first-order valence-electron chi connectivity index (χ1n) is 8.95. The van der Waals surface area contributed by atoms with Crippen molar-refractivity contribution in [1.29, 1.82) is 0 Å².